The molecule has 3 nitrogen and oxygen atoms in total. The van der Waals surface area contributed by atoms with Crippen LogP contribution in [0.5, 0.6) is 5.75 Å². The van der Waals surface area contributed by atoms with Crippen LogP contribution >= 0.6 is 11.6 Å². The summed E-state index contributed by atoms with van der Waals surface area (Å²) >= 11 is 6.08. The Morgan fingerprint density at radius 2 is 2.03 bits per heavy atom. The SMILES string of the molecule is C=C(c1cc(C)ccc1C(F)(F)F)N1CCC(CN=C2Oc3cc(Cl)ccc3CC2C)C1. The molecule has 2 aliphatic rings. The molecule has 0 spiro atoms. The van der Waals surface area contributed by atoms with Gasteiger partial charge in [0.25, 0.3) is 0 Å². The van der Waals surface area contributed by atoms with Crippen LogP contribution in [-0.2, 0) is 12.6 Å². The normalized spacial score (nSPS) is 22.1. The van der Waals surface area contributed by atoms with Gasteiger partial charge in [0.15, 0.2) is 5.90 Å². The third-order valence-electron chi connectivity index (χ3n) is 6.16. The molecule has 1 fully saturated rings. The third-order valence-corrected chi connectivity index (χ3v) is 6.39. The van der Waals surface area contributed by atoms with Crippen LogP contribution in [0, 0.1) is 18.8 Å². The molecule has 7 heteroatoms. The van der Waals surface area contributed by atoms with Gasteiger partial charge in [0, 0.05) is 41.8 Å². The van der Waals surface area contributed by atoms with Crippen LogP contribution in [0.2, 0.25) is 5.02 Å². The van der Waals surface area contributed by atoms with Gasteiger partial charge in [-0.05, 0) is 55.5 Å². The zero-order valence-electron chi connectivity index (χ0n) is 18.2. The molecule has 2 heterocycles. The lowest BCUT2D eigenvalue weighted by Gasteiger charge is -2.25. The summed E-state index contributed by atoms with van der Waals surface area (Å²) in [5.74, 6) is 1.83. The first-order valence-corrected chi connectivity index (χ1v) is 11.1. The van der Waals surface area contributed by atoms with E-state index in [0.29, 0.717) is 36.3 Å². The van der Waals surface area contributed by atoms with Crippen molar-refractivity contribution in [2.24, 2.45) is 16.8 Å². The number of alkyl halides is 3. The Morgan fingerprint density at radius 3 is 2.78 bits per heavy atom. The van der Waals surface area contributed by atoms with Crippen molar-refractivity contribution in [3.8, 4) is 5.75 Å². The van der Waals surface area contributed by atoms with Crippen LogP contribution in [0.1, 0.15) is 35.6 Å². The number of likely N-dealkylation sites (tertiary alicyclic amines) is 1. The molecule has 2 aromatic carbocycles. The number of fused-ring (bicyclic) bond motifs is 1. The first-order chi connectivity index (χ1) is 15.1. The predicted octanol–water partition coefficient (Wildman–Crippen LogP) is 6.63. The largest absolute Gasteiger partial charge is 0.443 e. The van der Waals surface area contributed by atoms with E-state index in [4.69, 9.17) is 21.3 Å². The van der Waals surface area contributed by atoms with E-state index >= 15 is 0 Å². The van der Waals surface area contributed by atoms with Crippen molar-refractivity contribution < 1.29 is 17.9 Å². The fourth-order valence-corrected chi connectivity index (χ4v) is 4.53. The number of benzene rings is 2. The highest BCUT2D eigenvalue weighted by Gasteiger charge is 2.35. The maximum absolute atomic E-state index is 13.5. The van der Waals surface area contributed by atoms with Crippen LogP contribution < -0.4 is 4.74 Å². The van der Waals surface area contributed by atoms with E-state index in [2.05, 4.69) is 13.5 Å². The van der Waals surface area contributed by atoms with Crippen molar-refractivity contribution in [2.45, 2.75) is 32.9 Å². The lowest BCUT2D eigenvalue weighted by molar-refractivity contribution is -0.137. The van der Waals surface area contributed by atoms with Gasteiger partial charge >= 0.3 is 6.18 Å². The average molecular weight is 463 g/mol. The highest BCUT2D eigenvalue weighted by atomic mass is 35.5. The fraction of sp³-hybridized carbons (Fsp3) is 0.400. The smallest absolute Gasteiger partial charge is 0.417 e. The highest BCUT2D eigenvalue weighted by molar-refractivity contribution is 6.30. The summed E-state index contributed by atoms with van der Waals surface area (Å²) in [4.78, 5) is 6.67. The number of hydrogen-bond acceptors (Lipinski definition) is 3. The molecule has 2 aromatic rings. The molecule has 0 bridgehead atoms. The summed E-state index contributed by atoms with van der Waals surface area (Å²) < 4.78 is 46.5. The fourth-order valence-electron chi connectivity index (χ4n) is 4.37. The number of ether oxygens (including phenoxy) is 1. The Labute approximate surface area is 191 Å². The van der Waals surface area contributed by atoms with Crippen molar-refractivity contribution in [1.82, 2.24) is 4.90 Å². The molecule has 0 amide bonds. The second-order valence-electron chi connectivity index (χ2n) is 8.73. The first-order valence-electron chi connectivity index (χ1n) is 10.7. The van der Waals surface area contributed by atoms with Gasteiger partial charge in [-0.2, -0.15) is 13.2 Å². The Kier molecular flexibility index (Phi) is 6.26. The Morgan fingerprint density at radius 1 is 1.25 bits per heavy atom. The van der Waals surface area contributed by atoms with Crippen LogP contribution in [0.25, 0.3) is 5.70 Å². The zero-order chi connectivity index (χ0) is 23.0. The van der Waals surface area contributed by atoms with Crippen molar-refractivity contribution >= 4 is 23.2 Å². The molecule has 2 aliphatic heterocycles. The monoisotopic (exact) mass is 462 g/mol. The van der Waals surface area contributed by atoms with Crippen LogP contribution in [0.15, 0.2) is 48.0 Å². The summed E-state index contributed by atoms with van der Waals surface area (Å²) in [7, 11) is 0. The van der Waals surface area contributed by atoms with E-state index in [1.807, 2.05) is 17.0 Å². The maximum atomic E-state index is 13.5. The second kappa shape index (κ2) is 8.81. The molecule has 4 rings (SSSR count). The van der Waals surface area contributed by atoms with E-state index in [1.165, 1.54) is 6.07 Å². The molecule has 170 valence electrons. The molecule has 0 aromatic heterocycles. The molecule has 0 saturated carbocycles. The van der Waals surface area contributed by atoms with Crippen molar-refractivity contribution in [1.29, 1.82) is 0 Å². The van der Waals surface area contributed by atoms with E-state index in [-0.39, 0.29) is 17.4 Å². The van der Waals surface area contributed by atoms with Crippen LogP contribution in [0.3, 0.4) is 0 Å². The topological polar surface area (TPSA) is 24.8 Å². The number of hydrogen-bond donors (Lipinski definition) is 0. The minimum Gasteiger partial charge on any atom is -0.443 e. The molecule has 2 atom stereocenters. The number of rotatable bonds is 4. The minimum atomic E-state index is -4.41. The number of aliphatic imine (C=N–C) groups is 1. The van der Waals surface area contributed by atoms with E-state index in [1.54, 1.807) is 19.1 Å². The predicted molar refractivity (Wildman–Crippen MR) is 122 cm³/mol. The summed E-state index contributed by atoms with van der Waals surface area (Å²) in [5.41, 5.74) is 1.82. The minimum absolute atomic E-state index is 0.155. The van der Waals surface area contributed by atoms with Gasteiger partial charge in [-0.3, -0.25) is 4.99 Å². The van der Waals surface area contributed by atoms with Crippen molar-refractivity contribution in [3.63, 3.8) is 0 Å². The molecule has 0 N–H and O–H groups in total. The molecular weight excluding hydrogens is 437 g/mol. The van der Waals surface area contributed by atoms with E-state index < -0.39 is 11.7 Å². The number of aryl methyl sites for hydroxylation is 1. The summed E-state index contributed by atoms with van der Waals surface area (Å²) in [6.07, 6.45) is -2.73. The van der Waals surface area contributed by atoms with Gasteiger partial charge in [0.2, 0.25) is 0 Å². The molecule has 32 heavy (non-hydrogen) atoms. The zero-order valence-corrected chi connectivity index (χ0v) is 18.9. The second-order valence-corrected chi connectivity index (χ2v) is 9.17. The standard InChI is InChI=1S/C25H26ClF3N2O/c1-15-4-7-22(25(27,28)29)21(10-15)17(3)31-9-8-18(14-31)13-30-24-16(2)11-19-5-6-20(26)12-23(19)32-24/h4-7,10,12,16,18H,3,8-9,11,13-14H2,1-2H3. The summed E-state index contributed by atoms with van der Waals surface area (Å²) in [5, 5.41) is 0.622. The maximum Gasteiger partial charge on any atom is 0.417 e. The molecule has 2 unspecified atom stereocenters. The molecular formula is C25H26ClF3N2O. The Balaban J connectivity index is 1.44. The van der Waals surface area contributed by atoms with Crippen molar-refractivity contribution in [3.05, 3.63) is 70.3 Å². The summed E-state index contributed by atoms with van der Waals surface area (Å²) in [6.45, 7) is 9.72. The van der Waals surface area contributed by atoms with E-state index in [0.717, 1.165) is 35.8 Å². The van der Waals surface area contributed by atoms with Crippen molar-refractivity contribution in [2.75, 3.05) is 19.6 Å². The lowest BCUT2D eigenvalue weighted by Crippen LogP contribution is -2.27. The van der Waals surface area contributed by atoms with Gasteiger partial charge in [0.05, 0.1) is 5.56 Å². The van der Waals surface area contributed by atoms with Gasteiger partial charge in [-0.25, -0.2) is 0 Å². The third kappa shape index (κ3) is 4.80. The molecule has 0 aliphatic carbocycles. The van der Waals surface area contributed by atoms with Gasteiger partial charge < -0.3 is 9.64 Å². The highest BCUT2D eigenvalue weighted by Crippen LogP contribution is 2.37. The summed E-state index contributed by atoms with van der Waals surface area (Å²) in [6, 6.07) is 9.84. The first kappa shape index (κ1) is 22.7. The van der Waals surface area contributed by atoms with Crippen LogP contribution in [-0.4, -0.2) is 30.4 Å². The van der Waals surface area contributed by atoms with Gasteiger partial charge in [-0.1, -0.05) is 42.8 Å². The number of halogens is 4. The lowest BCUT2D eigenvalue weighted by atomic mass is 9.97. The number of nitrogens with zero attached hydrogens (tertiary/aromatic N) is 2. The quantitative estimate of drug-likeness (QED) is 0.509. The Hall–Kier alpha value is -2.47. The van der Waals surface area contributed by atoms with Crippen LogP contribution in [0.4, 0.5) is 13.2 Å². The Bertz CT molecular complexity index is 1060. The van der Waals surface area contributed by atoms with E-state index in [9.17, 15) is 13.2 Å². The average Bonchev–Trinajstić information content (AvgIpc) is 3.20. The molecule has 1 saturated heterocycles. The van der Waals surface area contributed by atoms with Gasteiger partial charge in [-0.15, -0.1) is 0 Å². The molecule has 0 radical (unpaired) electrons. The van der Waals surface area contributed by atoms with Gasteiger partial charge in [0.1, 0.15) is 5.75 Å².